The molecule has 1 heterocycles. The van der Waals surface area contributed by atoms with Gasteiger partial charge in [-0.1, -0.05) is 0 Å². The molecule has 0 bridgehead atoms. The molecule has 0 unspecified atom stereocenters. The molecule has 0 amide bonds. The summed E-state index contributed by atoms with van der Waals surface area (Å²) in [5, 5.41) is 0. The summed E-state index contributed by atoms with van der Waals surface area (Å²) >= 11 is 0. The molecule has 29 valence electrons. The standard InChI is InChI=1S/C5H3O/c1-5-3-2-4-6-5/h2-4H. The Labute approximate surface area is 36.6 Å². The Hall–Kier alpha value is -0.720. The highest BCUT2D eigenvalue weighted by Crippen LogP contribution is 1.93. The van der Waals surface area contributed by atoms with E-state index in [1.54, 1.807) is 12.1 Å². The van der Waals surface area contributed by atoms with E-state index in [1.165, 1.54) is 6.26 Å². The first-order chi connectivity index (χ1) is 2.89. The van der Waals surface area contributed by atoms with Gasteiger partial charge in [-0.15, -0.1) is 0 Å². The monoisotopic (exact) mass is 79.0 g/mol. The summed E-state index contributed by atoms with van der Waals surface area (Å²) in [5.41, 5.74) is 0. The minimum Gasteiger partial charge on any atom is -0.469 e. The average molecular weight is 79.1 g/mol. The summed E-state index contributed by atoms with van der Waals surface area (Å²) in [6, 6.07) is 3.27. The second kappa shape index (κ2) is 1.17. The molecule has 0 aliphatic carbocycles. The summed E-state index contributed by atoms with van der Waals surface area (Å²) in [7, 11) is 0. The Kier molecular flexibility index (Phi) is 0.675. The van der Waals surface area contributed by atoms with Crippen LogP contribution in [0.3, 0.4) is 0 Å². The van der Waals surface area contributed by atoms with Crippen molar-refractivity contribution in [2.45, 2.75) is 0 Å². The van der Waals surface area contributed by atoms with E-state index in [2.05, 4.69) is 4.42 Å². The van der Waals surface area contributed by atoms with Crippen LogP contribution in [0.1, 0.15) is 5.76 Å². The van der Waals surface area contributed by atoms with Crippen LogP contribution in [0.5, 0.6) is 0 Å². The lowest BCUT2D eigenvalue weighted by molar-refractivity contribution is 0.549. The Bertz CT molecular complexity index is 107. The van der Waals surface area contributed by atoms with Crippen LogP contribution in [0.4, 0.5) is 0 Å². The molecule has 1 rings (SSSR count). The Balaban J connectivity index is 3.05. The lowest BCUT2D eigenvalue weighted by Gasteiger charge is -1.67. The molecular formula is C5H3O. The molecule has 6 heavy (non-hydrogen) atoms. The molecule has 0 aliphatic rings. The second-order valence-corrected chi connectivity index (χ2v) is 0.977. The zero-order valence-corrected chi connectivity index (χ0v) is 3.14. The van der Waals surface area contributed by atoms with E-state index < -0.39 is 0 Å². The van der Waals surface area contributed by atoms with Gasteiger partial charge in [0.25, 0.3) is 0 Å². The van der Waals surface area contributed by atoms with Gasteiger partial charge in [-0.25, -0.2) is 0 Å². The highest BCUT2D eigenvalue weighted by atomic mass is 16.3. The molecule has 0 saturated carbocycles. The first kappa shape index (κ1) is 3.47. The predicted octanol–water partition coefficient (Wildman–Crippen LogP) is 1.22. The molecule has 0 aromatic carbocycles. The van der Waals surface area contributed by atoms with Crippen molar-refractivity contribution in [2.24, 2.45) is 0 Å². The van der Waals surface area contributed by atoms with Crippen molar-refractivity contribution in [2.75, 3.05) is 0 Å². The summed E-state index contributed by atoms with van der Waals surface area (Å²) in [4.78, 5) is 0. The fourth-order valence-corrected chi connectivity index (χ4v) is 0.279. The molecular weight excluding hydrogens is 76.1 g/mol. The molecule has 1 nitrogen and oxygen atoms in total. The van der Waals surface area contributed by atoms with Gasteiger partial charge in [0.15, 0.2) is 0 Å². The van der Waals surface area contributed by atoms with Gasteiger partial charge < -0.3 is 4.42 Å². The molecule has 1 aromatic rings. The van der Waals surface area contributed by atoms with E-state index >= 15 is 0 Å². The third-order valence-corrected chi connectivity index (χ3v) is 0.521. The summed E-state index contributed by atoms with van der Waals surface area (Å²) < 4.78 is 4.50. The maximum atomic E-state index is 6.71. The fourth-order valence-electron chi connectivity index (χ4n) is 0.279. The first-order valence-electron chi connectivity index (χ1n) is 1.65. The number of hydrogen-bond acceptors (Lipinski definition) is 1. The zero-order valence-electron chi connectivity index (χ0n) is 3.14. The van der Waals surface area contributed by atoms with Crippen molar-refractivity contribution in [3.05, 3.63) is 31.1 Å². The smallest absolute Gasteiger partial charge is 0.113 e. The molecule has 0 N–H and O–H groups in total. The third-order valence-electron chi connectivity index (χ3n) is 0.521. The second-order valence-electron chi connectivity index (χ2n) is 0.977. The van der Waals surface area contributed by atoms with E-state index in [0.29, 0.717) is 0 Å². The Morgan fingerprint density at radius 2 is 2.50 bits per heavy atom. The van der Waals surface area contributed by atoms with Crippen molar-refractivity contribution in [1.29, 1.82) is 0 Å². The van der Waals surface area contributed by atoms with E-state index in [-0.39, 0.29) is 5.76 Å². The van der Waals surface area contributed by atoms with Crippen LogP contribution in [-0.4, -0.2) is 0 Å². The number of rotatable bonds is 0. The maximum Gasteiger partial charge on any atom is 0.113 e. The predicted molar refractivity (Wildman–Crippen MR) is 21.1 cm³/mol. The lowest BCUT2D eigenvalue weighted by atomic mass is 10.5. The van der Waals surface area contributed by atoms with Gasteiger partial charge >= 0.3 is 0 Å². The molecule has 0 atom stereocenters. The third kappa shape index (κ3) is 0.432. The van der Waals surface area contributed by atoms with Crippen LogP contribution in [0, 0.1) is 6.92 Å². The topological polar surface area (TPSA) is 13.1 Å². The lowest BCUT2D eigenvalue weighted by Crippen LogP contribution is -1.48. The van der Waals surface area contributed by atoms with Crippen molar-refractivity contribution >= 4 is 0 Å². The molecule has 1 aromatic heterocycles. The quantitative estimate of drug-likeness (QED) is 0.455. The van der Waals surface area contributed by atoms with Crippen LogP contribution in [0.2, 0.25) is 0 Å². The minimum atomic E-state index is 0.218. The molecule has 0 fully saturated rings. The van der Waals surface area contributed by atoms with Gasteiger partial charge in [-0.2, -0.15) is 0 Å². The van der Waals surface area contributed by atoms with E-state index in [9.17, 15) is 0 Å². The Morgan fingerprint density at radius 1 is 1.67 bits per heavy atom. The fraction of sp³-hybridized carbons (Fsp3) is 0. The highest BCUT2D eigenvalue weighted by molar-refractivity contribution is 5.00. The first-order valence-corrected chi connectivity index (χ1v) is 1.65. The Morgan fingerprint density at radius 3 is 2.67 bits per heavy atom. The number of furan rings is 1. The van der Waals surface area contributed by atoms with Gasteiger partial charge in [0.2, 0.25) is 0 Å². The normalized spacial score (nSPS) is 8.83. The SMILES string of the molecule is [C]c1ccco1. The average Bonchev–Trinajstić information content (AvgIpc) is 1.86. The van der Waals surface area contributed by atoms with Crippen molar-refractivity contribution in [3.8, 4) is 0 Å². The van der Waals surface area contributed by atoms with Crippen molar-refractivity contribution in [1.82, 2.24) is 0 Å². The van der Waals surface area contributed by atoms with Gasteiger partial charge in [-0.05, 0) is 12.1 Å². The summed E-state index contributed by atoms with van der Waals surface area (Å²) in [5.74, 6) is 0.218. The van der Waals surface area contributed by atoms with Crippen LogP contribution < -0.4 is 0 Å². The van der Waals surface area contributed by atoms with Crippen LogP contribution in [0.15, 0.2) is 22.8 Å². The highest BCUT2D eigenvalue weighted by Gasteiger charge is 1.77. The minimum absolute atomic E-state index is 0.218. The van der Waals surface area contributed by atoms with Crippen molar-refractivity contribution < 1.29 is 4.42 Å². The van der Waals surface area contributed by atoms with Crippen LogP contribution in [-0.2, 0) is 0 Å². The van der Waals surface area contributed by atoms with Gasteiger partial charge in [-0.3, -0.25) is 0 Å². The largest absolute Gasteiger partial charge is 0.469 e. The molecule has 0 spiro atoms. The molecule has 0 aliphatic heterocycles. The van der Waals surface area contributed by atoms with Gasteiger partial charge in [0.1, 0.15) is 5.76 Å². The summed E-state index contributed by atoms with van der Waals surface area (Å²) in [6.07, 6.45) is 1.47. The van der Waals surface area contributed by atoms with Crippen LogP contribution >= 0.6 is 0 Å². The van der Waals surface area contributed by atoms with Gasteiger partial charge in [0, 0.05) is 0 Å². The van der Waals surface area contributed by atoms with Crippen molar-refractivity contribution in [3.63, 3.8) is 0 Å². The van der Waals surface area contributed by atoms with Gasteiger partial charge in [0.05, 0.1) is 13.2 Å². The molecule has 0 saturated heterocycles. The molecule has 1 heteroatoms. The maximum absolute atomic E-state index is 6.71. The zero-order chi connectivity index (χ0) is 4.41. The van der Waals surface area contributed by atoms with Crippen LogP contribution in [0.25, 0.3) is 0 Å². The van der Waals surface area contributed by atoms with E-state index in [0.717, 1.165) is 0 Å². The number of hydrogen-bond donors (Lipinski definition) is 0. The van der Waals surface area contributed by atoms with E-state index in [4.69, 9.17) is 6.92 Å². The molecule has 3 radical (unpaired) electrons. The summed E-state index contributed by atoms with van der Waals surface area (Å²) in [6.45, 7) is 6.71. The van der Waals surface area contributed by atoms with E-state index in [1.807, 2.05) is 0 Å².